The van der Waals surface area contributed by atoms with Crippen LogP contribution in [-0.4, -0.2) is 37.6 Å². The van der Waals surface area contributed by atoms with Crippen molar-refractivity contribution >= 4 is 23.5 Å². The van der Waals surface area contributed by atoms with E-state index in [1.807, 2.05) is 50.2 Å². The Labute approximate surface area is 242 Å². The molecule has 0 saturated heterocycles. The van der Waals surface area contributed by atoms with Crippen molar-refractivity contribution in [2.45, 2.75) is 65.0 Å². The second kappa shape index (κ2) is 11.8. The van der Waals surface area contributed by atoms with Crippen LogP contribution < -0.4 is 9.64 Å². The second-order valence-electron chi connectivity index (χ2n) is 12.0. The molecule has 0 radical (unpaired) electrons. The van der Waals surface area contributed by atoms with Crippen molar-refractivity contribution in [3.8, 4) is 5.75 Å². The van der Waals surface area contributed by atoms with Crippen LogP contribution >= 0.6 is 0 Å². The average molecular weight is 558 g/mol. The van der Waals surface area contributed by atoms with Crippen molar-refractivity contribution in [1.29, 1.82) is 0 Å². The zero-order valence-corrected chi connectivity index (χ0v) is 24.9. The number of fused-ring (bicyclic) bond motifs is 1. The summed E-state index contributed by atoms with van der Waals surface area (Å²) in [6, 6.07) is 20.0. The highest BCUT2D eigenvalue weighted by Crippen LogP contribution is 2.46. The van der Waals surface area contributed by atoms with Gasteiger partial charge in [0.25, 0.3) is 5.91 Å². The predicted octanol–water partition coefficient (Wildman–Crippen LogP) is 6.51. The number of amides is 1. The van der Waals surface area contributed by atoms with E-state index in [-0.39, 0.29) is 30.3 Å². The Kier molecular flexibility index (Phi) is 8.57. The van der Waals surface area contributed by atoms with E-state index in [4.69, 9.17) is 14.2 Å². The molecule has 0 aliphatic carbocycles. The van der Waals surface area contributed by atoms with Crippen molar-refractivity contribution in [1.82, 2.24) is 0 Å². The van der Waals surface area contributed by atoms with Gasteiger partial charge in [-0.3, -0.25) is 9.69 Å². The van der Waals surface area contributed by atoms with E-state index in [1.54, 1.807) is 37.4 Å². The van der Waals surface area contributed by atoms with Crippen LogP contribution in [0.15, 0.2) is 66.7 Å². The quantitative estimate of drug-likeness (QED) is 0.294. The Morgan fingerprint density at radius 3 is 2.27 bits per heavy atom. The number of ether oxygens (including phenoxy) is 3. The monoisotopic (exact) mass is 557 g/mol. The molecule has 0 N–H and O–H groups in total. The number of carbonyl (C=O) groups excluding carboxylic acids is 3. The van der Waals surface area contributed by atoms with Crippen LogP contribution in [0.4, 0.5) is 5.69 Å². The van der Waals surface area contributed by atoms with Gasteiger partial charge in [0.05, 0.1) is 19.8 Å². The molecule has 41 heavy (non-hydrogen) atoms. The van der Waals surface area contributed by atoms with Crippen molar-refractivity contribution < 1.29 is 28.6 Å². The zero-order chi connectivity index (χ0) is 29.9. The molecule has 0 fully saturated rings. The molecular weight excluding hydrogens is 518 g/mol. The third kappa shape index (κ3) is 5.85. The lowest BCUT2D eigenvalue weighted by Crippen LogP contribution is -2.57. The number of rotatable bonds is 8. The number of nitrogens with zero attached hydrogens (tertiary/aromatic N) is 1. The van der Waals surface area contributed by atoms with Gasteiger partial charge < -0.3 is 14.2 Å². The highest BCUT2D eigenvalue weighted by Gasteiger charge is 2.54. The lowest BCUT2D eigenvalue weighted by Gasteiger charge is -2.37. The summed E-state index contributed by atoms with van der Waals surface area (Å²) in [6.45, 7) is 10.3. The van der Waals surface area contributed by atoms with E-state index in [2.05, 4.69) is 20.8 Å². The van der Waals surface area contributed by atoms with Gasteiger partial charge in [-0.1, -0.05) is 77.1 Å². The van der Waals surface area contributed by atoms with E-state index < -0.39 is 17.5 Å². The average Bonchev–Trinajstić information content (AvgIpc) is 3.28. The summed E-state index contributed by atoms with van der Waals surface area (Å²) in [4.78, 5) is 42.9. The van der Waals surface area contributed by atoms with E-state index in [0.717, 1.165) is 11.1 Å². The minimum absolute atomic E-state index is 0.0463. The molecule has 1 aliphatic rings. The van der Waals surface area contributed by atoms with Crippen molar-refractivity contribution in [2.75, 3.05) is 19.1 Å². The molecule has 3 aromatic carbocycles. The SMILES string of the molecule is COC(=O)C1(CC(C)C)Cc2c(C(=O)OCc3ccccc3)cccc2N1C(=O)c1ccc(C(C)(C)C)c(OC)c1. The molecule has 1 unspecified atom stereocenters. The van der Waals surface area contributed by atoms with Crippen LogP contribution in [0, 0.1) is 5.92 Å². The molecule has 1 amide bonds. The number of methoxy groups -OCH3 is 2. The Morgan fingerprint density at radius 1 is 0.951 bits per heavy atom. The van der Waals surface area contributed by atoms with Crippen LogP contribution in [0.1, 0.15) is 78.4 Å². The predicted molar refractivity (Wildman–Crippen MR) is 158 cm³/mol. The maximum Gasteiger partial charge on any atom is 0.338 e. The Morgan fingerprint density at radius 2 is 1.66 bits per heavy atom. The van der Waals surface area contributed by atoms with Gasteiger partial charge in [0.2, 0.25) is 0 Å². The molecule has 1 atom stereocenters. The molecule has 3 aromatic rings. The molecule has 216 valence electrons. The molecule has 7 nitrogen and oxygen atoms in total. The largest absolute Gasteiger partial charge is 0.496 e. The van der Waals surface area contributed by atoms with Crippen LogP contribution in [-0.2, 0) is 32.7 Å². The molecule has 4 rings (SSSR count). The third-order valence-corrected chi connectivity index (χ3v) is 7.49. The number of hydrogen-bond acceptors (Lipinski definition) is 6. The van der Waals surface area contributed by atoms with Crippen LogP contribution in [0.3, 0.4) is 0 Å². The van der Waals surface area contributed by atoms with Gasteiger partial charge in [-0.15, -0.1) is 0 Å². The van der Waals surface area contributed by atoms with Crippen LogP contribution in [0.2, 0.25) is 0 Å². The topological polar surface area (TPSA) is 82.1 Å². The summed E-state index contributed by atoms with van der Waals surface area (Å²) in [5.41, 5.74) is 2.06. The normalized spacial score (nSPS) is 16.3. The molecule has 1 aliphatic heterocycles. The van der Waals surface area contributed by atoms with Gasteiger partial charge >= 0.3 is 11.9 Å². The molecule has 1 heterocycles. The van der Waals surface area contributed by atoms with E-state index in [9.17, 15) is 14.4 Å². The van der Waals surface area contributed by atoms with Crippen molar-refractivity contribution in [3.05, 3.63) is 94.5 Å². The first-order chi connectivity index (χ1) is 19.4. The number of anilines is 1. The van der Waals surface area contributed by atoms with Gasteiger partial charge in [0.1, 0.15) is 17.9 Å². The van der Waals surface area contributed by atoms with Gasteiger partial charge in [-0.2, -0.15) is 0 Å². The Hall–Kier alpha value is -4.13. The summed E-state index contributed by atoms with van der Waals surface area (Å²) < 4.78 is 16.7. The molecular formula is C34H39NO6. The van der Waals surface area contributed by atoms with E-state index >= 15 is 0 Å². The summed E-state index contributed by atoms with van der Waals surface area (Å²) in [5.74, 6) is -0.779. The van der Waals surface area contributed by atoms with Crippen LogP contribution in [0.5, 0.6) is 5.75 Å². The van der Waals surface area contributed by atoms with E-state index in [1.165, 1.54) is 12.0 Å². The number of hydrogen-bond donors (Lipinski definition) is 0. The third-order valence-electron chi connectivity index (χ3n) is 7.49. The highest BCUT2D eigenvalue weighted by molar-refractivity contribution is 6.14. The molecule has 7 heteroatoms. The van der Waals surface area contributed by atoms with Gasteiger partial charge in [0, 0.05) is 17.7 Å². The second-order valence-corrected chi connectivity index (χ2v) is 12.0. The molecule has 0 spiro atoms. The van der Waals surface area contributed by atoms with Gasteiger partial charge in [-0.05, 0) is 58.7 Å². The maximum absolute atomic E-state index is 14.4. The first-order valence-electron chi connectivity index (χ1n) is 13.9. The zero-order valence-electron chi connectivity index (χ0n) is 24.9. The van der Waals surface area contributed by atoms with Gasteiger partial charge in [0.15, 0.2) is 0 Å². The van der Waals surface area contributed by atoms with Crippen molar-refractivity contribution in [3.63, 3.8) is 0 Å². The number of benzene rings is 3. The maximum atomic E-state index is 14.4. The Bertz CT molecular complexity index is 1440. The fraction of sp³-hybridized carbons (Fsp3) is 0.382. The van der Waals surface area contributed by atoms with Crippen LogP contribution in [0.25, 0.3) is 0 Å². The van der Waals surface area contributed by atoms with Gasteiger partial charge in [-0.25, -0.2) is 9.59 Å². The fourth-order valence-corrected chi connectivity index (χ4v) is 5.72. The molecule has 0 bridgehead atoms. The Balaban J connectivity index is 1.82. The lowest BCUT2D eigenvalue weighted by atomic mass is 9.83. The fourth-order valence-electron chi connectivity index (χ4n) is 5.72. The number of carbonyl (C=O) groups is 3. The smallest absolute Gasteiger partial charge is 0.338 e. The lowest BCUT2D eigenvalue weighted by molar-refractivity contribution is -0.147. The summed E-state index contributed by atoms with van der Waals surface area (Å²) >= 11 is 0. The molecule has 0 aromatic heterocycles. The summed E-state index contributed by atoms with van der Waals surface area (Å²) in [6.07, 6.45) is 0.475. The first-order valence-corrected chi connectivity index (χ1v) is 13.9. The minimum atomic E-state index is -1.34. The standard InChI is InChI=1S/C34H39NO6/c1-22(2)19-34(32(38)40-7)20-26-25(31(37)41-21-23-12-9-8-10-13-23)14-11-15-28(26)35(34)30(36)24-16-17-27(33(3,4)5)29(18-24)39-6/h8-18,22H,19-21H2,1-7H3. The summed E-state index contributed by atoms with van der Waals surface area (Å²) in [5, 5.41) is 0. The highest BCUT2D eigenvalue weighted by atomic mass is 16.5. The van der Waals surface area contributed by atoms with E-state index in [0.29, 0.717) is 34.5 Å². The number of esters is 2. The van der Waals surface area contributed by atoms with Crippen molar-refractivity contribution in [2.24, 2.45) is 5.92 Å². The summed E-state index contributed by atoms with van der Waals surface area (Å²) in [7, 11) is 2.90. The minimum Gasteiger partial charge on any atom is -0.496 e. The first kappa shape index (κ1) is 29.8. The molecule has 0 saturated carbocycles.